The van der Waals surface area contributed by atoms with E-state index in [-0.39, 0.29) is 17.3 Å². The molecule has 1 saturated carbocycles. The van der Waals surface area contributed by atoms with Crippen molar-refractivity contribution in [2.24, 2.45) is 0 Å². The molecule has 1 aliphatic carbocycles. The summed E-state index contributed by atoms with van der Waals surface area (Å²) in [6.07, 6.45) is 2.12. The molecule has 0 radical (unpaired) electrons. The average Bonchev–Trinajstić information content (AvgIpc) is 3.07. The second-order valence-corrected chi connectivity index (χ2v) is 5.90. The number of rotatable bonds is 4. The Bertz CT molecular complexity index is 769. The van der Waals surface area contributed by atoms with Crippen LogP contribution in [0.5, 0.6) is 0 Å². The lowest BCUT2D eigenvalue weighted by Gasteiger charge is -2.19. The number of carbonyl (C=O) groups is 3. The molecule has 5 heteroatoms. The van der Waals surface area contributed by atoms with Crippen molar-refractivity contribution in [1.29, 1.82) is 0 Å². The van der Waals surface area contributed by atoms with Crippen molar-refractivity contribution in [3.8, 4) is 11.3 Å². The van der Waals surface area contributed by atoms with E-state index in [2.05, 4.69) is 0 Å². The summed E-state index contributed by atoms with van der Waals surface area (Å²) in [7, 11) is 0. The molecule has 1 atom stereocenters. The minimum Gasteiger partial charge on any atom is -0.449 e. The Kier molecular flexibility index (Phi) is 4.60. The van der Waals surface area contributed by atoms with E-state index in [0.717, 1.165) is 18.4 Å². The molecule has 1 heterocycles. The van der Waals surface area contributed by atoms with Crippen molar-refractivity contribution in [3.05, 3.63) is 47.7 Å². The van der Waals surface area contributed by atoms with Gasteiger partial charge in [0, 0.05) is 17.5 Å². The Hall–Kier alpha value is -2.69. The number of ketones is 2. The highest BCUT2D eigenvalue weighted by Gasteiger charge is 2.27. The maximum atomic E-state index is 12.1. The van der Waals surface area contributed by atoms with Crippen LogP contribution in [0.1, 0.15) is 53.5 Å². The van der Waals surface area contributed by atoms with Gasteiger partial charge in [-0.25, -0.2) is 4.79 Å². The second kappa shape index (κ2) is 6.83. The van der Waals surface area contributed by atoms with Crippen LogP contribution in [0.15, 0.2) is 40.8 Å². The van der Waals surface area contributed by atoms with Crippen LogP contribution < -0.4 is 0 Å². The quantitative estimate of drug-likeness (QED) is 0.631. The van der Waals surface area contributed by atoms with E-state index in [9.17, 15) is 14.4 Å². The molecule has 0 aliphatic heterocycles. The van der Waals surface area contributed by atoms with E-state index in [4.69, 9.17) is 9.15 Å². The van der Waals surface area contributed by atoms with Gasteiger partial charge in [-0.1, -0.05) is 24.3 Å². The van der Waals surface area contributed by atoms with Gasteiger partial charge in [0.15, 0.2) is 17.7 Å². The predicted octanol–water partition coefficient (Wildman–Crippen LogP) is 3.82. The van der Waals surface area contributed by atoms with Gasteiger partial charge in [-0.2, -0.15) is 0 Å². The molecule has 2 aromatic rings. The normalized spacial score (nSPS) is 17.5. The lowest BCUT2D eigenvalue weighted by Crippen LogP contribution is -2.30. The number of hydrogen-bond donors (Lipinski definition) is 0. The van der Waals surface area contributed by atoms with E-state index < -0.39 is 12.1 Å². The predicted molar refractivity (Wildman–Crippen MR) is 86.8 cm³/mol. The lowest BCUT2D eigenvalue weighted by molar-refractivity contribution is -0.130. The van der Waals surface area contributed by atoms with E-state index in [1.807, 2.05) is 0 Å². The van der Waals surface area contributed by atoms with Gasteiger partial charge in [0.2, 0.25) is 5.76 Å². The van der Waals surface area contributed by atoms with Gasteiger partial charge in [-0.3, -0.25) is 9.59 Å². The molecule has 5 nitrogen and oxygen atoms in total. The van der Waals surface area contributed by atoms with Crippen LogP contribution in [0.2, 0.25) is 0 Å². The Balaban J connectivity index is 1.71. The number of benzene rings is 1. The van der Waals surface area contributed by atoms with Crippen LogP contribution in [-0.4, -0.2) is 23.6 Å². The highest BCUT2D eigenvalue weighted by atomic mass is 16.6. The molecule has 1 aliphatic rings. The smallest absolute Gasteiger partial charge is 0.374 e. The van der Waals surface area contributed by atoms with Crippen molar-refractivity contribution in [3.63, 3.8) is 0 Å². The third-order valence-electron chi connectivity index (χ3n) is 4.13. The molecular formula is C19H18O5. The molecule has 1 aromatic carbocycles. The Morgan fingerprint density at radius 1 is 1.08 bits per heavy atom. The highest BCUT2D eigenvalue weighted by molar-refractivity contribution is 5.94. The molecule has 0 bridgehead atoms. The van der Waals surface area contributed by atoms with Gasteiger partial charge in [0.05, 0.1) is 0 Å². The summed E-state index contributed by atoms with van der Waals surface area (Å²) in [6, 6.07) is 10.1. The first-order valence-electron chi connectivity index (χ1n) is 7.99. The maximum absolute atomic E-state index is 12.1. The summed E-state index contributed by atoms with van der Waals surface area (Å²) < 4.78 is 10.8. The first kappa shape index (κ1) is 16.2. The average molecular weight is 326 g/mol. The maximum Gasteiger partial charge on any atom is 0.374 e. The minimum absolute atomic E-state index is 0.0117. The van der Waals surface area contributed by atoms with Gasteiger partial charge in [0.25, 0.3) is 0 Å². The van der Waals surface area contributed by atoms with Crippen molar-refractivity contribution in [2.75, 3.05) is 0 Å². The number of furan rings is 1. The summed E-state index contributed by atoms with van der Waals surface area (Å²) >= 11 is 0. The zero-order valence-electron chi connectivity index (χ0n) is 13.4. The van der Waals surface area contributed by atoms with Crippen LogP contribution in [0.3, 0.4) is 0 Å². The molecule has 0 saturated heterocycles. The number of carbonyl (C=O) groups excluding carboxylic acids is 3. The SMILES string of the molecule is CC(=O)c1ccc(-c2ccc(C(=O)O[C@H]3CCCCC3=O)o2)cc1. The van der Waals surface area contributed by atoms with Crippen LogP contribution in [-0.2, 0) is 9.53 Å². The van der Waals surface area contributed by atoms with Gasteiger partial charge in [0.1, 0.15) is 5.76 Å². The zero-order valence-corrected chi connectivity index (χ0v) is 13.4. The van der Waals surface area contributed by atoms with Crippen LogP contribution in [0.4, 0.5) is 0 Å². The lowest BCUT2D eigenvalue weighted by atomic mass is 9.96. The third-order valence-corrected chi connectivity index (χ3v) is 4.13. The summed E-state index contributed by atoms with van der Waals surface area (Å²) in [6.45, 7) is 1.50. The molecule has 24 heavy (non-hydrogen) atoms. The van der Waals surface area contributed by atoms with Crippen molar-refractivity contribution in [1.82, 2.24) is 0 Å². The number of hydrogen-bond acceptors (Lipinski definition) is 5. The van der Waals surface area contributed by atoms with E-state index in [1.165, 1.54) is 13.0 Å². The van der Waals surface area contributed by atoms with Crippen molar-refractivity contribution < 1.29 is 23.5 Å². The Morgan fingerprint density at radius 2 is 1.83 bits per heavy atom. The molecular weight excluding hydrogens is 308 g/mol. The molecule has 0 amide bonds. The van der Waals surface area contributed by atoms with Crippen LogP contribution >= 0.6 is 0 Å². The second-order valence-electron chi connectivity index (χ2n) is 5.90. The fourth-order valence-corrected chi connectivity index (χ4v) is 2.73. The Labute approximate surface area is 139 Å². The van der Waals surface area contributed by atoms with Gasteiger partial charge in [-0.05, 0) is 38.3 Å². The van der Waals surface area contributed by atoms with Crippen molar-refractivity contribution in [2.45, 2.75) is 38.7 Å². The zero-order chi connectivity index (χ0) is 17.1. The number of Topliss-reactive ketones (excluding diaryl/α,β-unsaturated/α-hetero) is 2. The first-order valence-corrected chi connectivity index (χ1v) is 7.99. The van der Waals surface area contributed by atoms with Crippen molar-refractivity contribution >= 4 is 17.5 Å². The molecule has 124 valence electrons. The molecule has 0 unspecified atom stereocenters. The van der Waals surface area contributed by atoms with E-state index in [1.54, 1.807) is 30.3 Å². The molecule has 3 rings (SSSR count). The summed E-state index contributed by atoms with van der Waals surface area (Å²) in [5.74, 6) is -0.0866. The summed E-state index contributed by atoms with van der Waals surface area (Å²) in [4.78, 5) is 35.2. The van der Waals surface area contributed by atoms with E-state index in [0.29, 0.717) is 24.2 Å². The van der Waals surface area contributed by atoms with Gasteiger partial charge < -0.3 is 9.15 Å². The highest BCUT2D eigenvalue weighted by Crippen LogP contribution is 2.24. The first-order chi connectivity index (χ1) is 11.5. The summed E-state index contributed by atoms with van der Waals surface area (Å²) in [5.41, 5.74) is 1.37. The van der Waals surface area contributed by atoms with E-state index >= 15 is 0 Å². The number of ether oxygens (including phenoxy) is 1. The Morgan fingerprint density at radius 3 is 2.50 bits per heavy atom. The fraction of sp³-hybridized carbons (Fsp3) is 0.316. The molecule has 1 fully saturated rings. The van der Waals surface area contributed by atoms with Crippen LogP contribution in [0.25, 0.3) is 11.3 Å². The minimum atomic E-state index is -0.658. The van der Waals surface area contributed by atoms with Crippen LogP contribution in [0, 0.1) is 0 Å². The van der Waals surface area contributed by atoms with Gasteiger partial charge in [-0.15, -0.1) is 0 Å². The number of esters is 1. The standard InChI is InChI=1S/C19H18O5/c1-12(20)13-6-8-14(9-7-13)16-10-11-18(23-16)19(22)24-17-5-3-2-4-15(17)21/h6-11,17H,2-5H2,1H3/t17-/m0/s1. The summed E-state index contributed by atoms with van der Waals surface area (Å²) in [5, 5.41) is 0. The molecule has 1 aromatic heterocycles. The molecule has 0 N–H and O–H groups in total. The fourth-order valence-electron chi connectivity index (χ4n) is 2.73. The third kappa shape index (κ3) is 3.45. The topological polar surface area (TPSA) is 73.6 Å². The monoisotopic (exact) mass is 326 g/mol. The molecule has 0 spiro atoms. The van der Waals surface area contributed by atoms with Gasteiger partial charge >= 0.3 is 5.97 Å². The largest absolute Gasteiger partial charge is 0.449 e.